The number of hydrogen-bond acceptors (Lipinski definition) is 14. The first-order valence-electron chi connectivity index (χ1n) is 14.3. The molecule has 0 N–H and O–H groups in total. The Bertz CT molecular complexity index is 1730. The molecule has 1 saturated heterocycles. The molecule has 0 amide bonds. The van der Waals surface area contributed by atoms with Crippen LogP contribution in [0.15, 0.2) is 67.3 Å². The van der Waals surface area contributed by atoms with E-state index in [1.54, 1.807) is 25.2 Å². The molecular weight excluding hydrogens is 742 g/mol. The van der Waals surface area contributed by atoms with Gasteiger partial charge in [-0.1, -0.05) is 24.3 Å². The number of hydrogen-bond donors (Lipinski definition) is 0. The van der Waals surface area contributed by atoms with E-state index in [1.165, 1.54) is 47.3 Å². The van der Waals surface area contributed by atoms with Gasteiger partial charge in [0, 0.05) is 22.4 Å². The van der Waals surface area contributed by atoms with Crippen molar-refractivity contribution in [3.8, 4) is 6.07 Å². The van der Waals surface area contributed by atoms with Crippen molar-refractivity contribution >= 4 is 31.8 Å². The Hall–Kier alpha value is -2.05. The predicted octanol–water partition coefficient (Wildman–Crippen LogP) is -2.47. The average molecular weight is 771 g/mol. The van der Waals surface area contributed by atoms with Crippen LogP contribution < -0.4 is 68.9 Å². The van der Waals surface area contributed by atoms with Crippen molar-refractivity contribution in [2.24, 2.45) is 0 Å². The predicted molar refractivity (Wildman–Crippen MR) is 161 cm³/mol. The van der Waals surface area contributed by atoms with E-state index >= 15 is 4.39 Å². The van der Waals surface area contributed by atoms with Crippen LogP contribution in [0.5, 0.6) is 0 Å². The molecule has 1 fully saturated rings. The van der Waals surface area contributed by atoms with E-state index < -0.39 is 61.8 Å². The van der Waals surface area contributed by atoms with Gasteiger partial charge in [0.05, 0.1) is 36.6 Å². The molecule has 262 valence electrons. The van der Waals surface area contributed by atoms with Gasteiger partial charge in [0.25, 0.3) is 0 Å². The van der Waals surface area contributed by atoms with Gasteiger partial charge in [-0.15, -0.1) is 11.8 Å². The molecule has 51 heavy (non-hydrogen) atoms. The van der Waals surface area contributed by atoms with Gasteiger partial charge in [0.15, 0.2) is 11.9 Å². The van der Waals surface area contributed by atoms with Crippen molar-refractivity contribution in [1.29, 1.82) is 5.26 Å². The first kappa shape index (κ1) is 45.1. The van der Waals surface area contributed by atoms with E-state index in [9.17, 15) is 27.9 Å². The second-order valence-corrected chi connectivity index (χ2v) is 12.9. The maximum atomic E-state index is 15.4. The van der Waals surface area contributed by atoms with E-state index in [0.717, 1.165) is 18.2 Å². The number of rotatable bonds is 15. The quantitative estimate of drug-likeness (QED) is 0.0301. The third kappa shape index (κ3) is 14.0. The second kappa shape index (κ2) is 21.6. The average Bonchev–Trinajstić information content (AvgIpc) is 3.56. The van der Waals surface area contributed by atoms with Gasteiger partial charge in [0.2, 0.25) is 0 Å². The van der Waals surface area contributed by atoms with Crippen LogP contribution in [0, 0.1) is 28.8 Å². The number of nitrogens with zero attached hydrogens (tertiary/aromatic N) is 4. The van der Waals surface area contributed by atoms with E-state index in [-0.39, 0.29) is 101 Å². The number of carbonyl (C=O) groups excluding carboxylic acids is 1. The van der Waals surface area contributed by atoms with Crippen molar-refractivity contribution in [1.82, 2.24) is 14.8 Å². The van der Waals surface area contributed by atoms with Gasteiger partial charge in [-0.25, -0.2) is 37.2 Å². The first-order valence-corrected chi connectivity index (χ1v) is 16.7. The van der Waals surface area contributed by atoms with E-state index in [4.69, 9.17) is 24.2 Å². The topological polar surface area (TPSA) is 190 Å². The molecule has 4 rings (SSSR count). The molecule has 2 heterocycles. The molecule has 0 unspecified atom stereocenters. The third-order valence-corrected chi connectivity index (χ3v) is 8.51. The van der Waals surface area contributed by atoms with Gasteiger partial charge in [-0.05, 0) is 37.3 Å². The molecule has 2 aromatic carbocycles. The molecule has 1 aliphatic rings. The number of nitriles is 1. The summed E-state index contributed by atoms with van der Waals surface area (Å²) in [4.78, 5) is 42.1. The molecule has 0 bridgehead atoms. The zero-order chi connectivity index (χ0) is 35.4. The summed E-state index contributed by atoms with van der Waals surface area (Å²) in [7, 11) is -5.44. The zero-order valence-corrected chi connectivity index (χ0v) is 33.3. The Morgan fingerprint density at radius 3 is 2.53 bits per heavy atom. The number of aromatic nitrogens is 3. The molecule has 0 saturated carbocycles. The van der Waals surface area contributed by atoms with E-state index in [2.05, 4.69) is 19.6 Å². The Labute approximate surface area is 339 Å². The molecule has 2 atom stereocenters. The van der Waals surface area contributed by atoms with Crippen molar-refractivity contribution in [3.05, 3.63) is 101 Å². The summed E-state index contributed by atoms with van der Waals surface area (Å²) in [6, 6.07) is 8.71. The largest absolute Gasteiger partial charge is 1.00 e. The molecule has 1 aromatic heterocycles. The number of allylic oxidation sites excluding steroid dienone is 2. The standard InChI is InChI=1S/C30H30F3N4O10PS.2Na/c1-20(49-24-15-43-28(44-16-24)5-3-2-4-22-7-6-21(14-34)12-26(22)32)30(17-37-19-35-18-36-37,25-9-8-23(31)13-27(25)33)46-29(38)42-10-11-45-47-48(39,40)41;;/h2-9,12-13,18-20,24,28H,10-11,15-17H2,1H3,(H2,39,40,41);;/q;2*+1/p-2/t20-,24?,28?,30-;;/m1../s1. The summed E-state index contributed by atoms with van der Waals surface area (Å²) in [6.45, 7) is 0.336. The van der Waals surface area contributed by atoms with Crippen LogP contribution >= 0.6 is 19.6 Å². The van der Waals surface area contributed by atoms with Crippen LogP contribution in [0.4, 0.5) is 18.0 Å². The molecule has 0 aliphatic carbocycles. The van der Waals surface area contributed by atoms with Crippen LogP contribution in [0.25, 0.3) is 6.08 Å². The van der Waals surface area contributed by atoms with Crippen LogP contribution in [0.1, 0.15) is 23.6 Å². The summed E-state index contributed by atoms with van der Waals surface area (Å²) >= 11 is 1.21. The Morgan fingerprint density at radius 2 is 1.90 bits per heavy atom. The van der Waals surface area contributed by atoms with Crippen molar-refractivity contribution in [3.63, 3.8) is 0 Å². The van der Waals surface area contributed by atoms with E-state index in [1.807, 2.05) is 6.07 Å². The van der Waals surface area contributed by atoms with Crippen molar-refractivity contribution < 1.29 is 120 Å². The molecule has 14 nitrogen and oxygen atoms in total. The van der Waals surface area contributed by atoms with Gasteiger partial charge in [0.1, 0.15) is 51.1 Å². The van der Waals surface area contributed by atoms with Crippen LogP contribution in [0.2, 0.25) is 0 Å². The smallest absolute Gasteiger partial charge is 0.788 e. The summed E-state index contributed by atoms with van der Waals surface area (Å²) in [5.41, 5.74) is -1.64. The molecule has 1 aliphatic heterocycles. The molecule has 3 aromatic rings. The number of phosphoric acid groups is 1. The Kier molecular flexibility index (Phi) is 19.1. The number of halogens is 3. The van der Waals surface area contributed by atoms with E-state index in [0.29, 0.717) is 6.07 Å². The fraction of sp³-hybridized carbons (Fsp3) is 0.333. The molecule has 21 heteroatoms. The number of thioether (sulfide) groups is 1. The summed E-state index contributed by atoms with van der Waals surface area (Å²) in [6.07, 6.45) is 6.72. The van der Waals surface area contributed by atoms with Crippen LogP contribution in [0.3, 0.4) is 0 Å². The van der Waals surface area contributed by atoms with Crippen LogP contribution in [-0.4, -0.2) is 64.1 Å². The second-order valence-electron chi connectivity index (χ2n) is 10.2. The van der Waals surface area contributed by atoms with Gasteiger partial charge >= 0.3 is 65.3 Å². The Morgan fingerprint density at radius 1 is 1.16 bits per heavy atom. The number of benzene rings is 2. The van der Waals surface area contributed by atoms with Crippen molar-refractivity contribution in [2.75, 3.05) is 26.4 Å². The first-order chi connectivity index (χ1) is 23.4. The number of ether oxygens (including phenoxy) is 4. The Balaban J connectivity index is 0.00000451. The minimum Gasteiger partial charge on any atom is -0.788 e. The SMILES string of the molecule is C[C@@H](SC1COC(C=CC=Cc2ccc(C#N)cc2F)OC1)[C@@](Cn1cncn1)(OC(=O)OCCOOP(=O)([O-])[O-])c1ccc(F)cc1F.[Na+].[Na+]. The van der Waals surface area contributed by atoms with Crippen LogP contribution in [-0.2, 0) is 45.2 Å². The molecular formula is C30H28F3N4Na2O10PS. The summed E-state index contributed by atoms with van der Waals surface area (Å²) in [5, 5.41) is 11.7. The molecule has 0 radical (unpaired) electrons. The summed E-state index contributed by atoms with van der Waals surface area (Å²) < 4.78 is 81.3. The monoisotopic (exact) mass is 770 g/mol. The normalized spacial score (nSPS) is 17.9. The zero-order valence-electron chi connectivity index (χ0n) is 27.6. The maximum Gasteiger partial charge on any atom is 1.00 e. The fourth-order valence-corrected chi connectivity index (χ4v) is 6.13. The summed E-state index contributed by atoms with van der Waals surface area (Å²) in [5.74, 6) is -2.46. The van der Waals surface area contributed by atoms with Crippen molar-refractivity contribution in [2.45, 2.75) is 35.9 Å². The molecule has 0 spiro atoms. The van der Waals surface area contributed by atoms with Gasteiger partial charge in [-0.2, -0.15) is 10.4 Å². The van der Waals surface area contributed by atoms with Gasteiger partial charge < -0.3 is 33.3 Å². The maximum absolute atomic E-state index is 15.4. The minimum atomic E-state index is -5.44. The van der Waals surface area contributed by atoms with Gasteiger partial charge in [-0.3, -0.25) is 0 Å². The fourth-order valence-electron chi connectivity index (χ4n) is 4.56. The minimum absolute atomic E-state index is 0. The number of carbonyl (C=O) groups is 1. The third-order valence-electron chi connectivity index (χ3n) is 6.78.